The van der Waals surface area contributed by atoms with E-state index in [1.807, 2.05) is 19.1 Å². The van der Waals surface area contributed by atoms with Crippen LogP contribution in [-0.2, 0) is 11.3 Å². The third-order valence-electron chi connectivity index (χ3n) is 5.28. The van der Waals surface area contributed by atoms with Crippen LogP contribution in [-0.4, -0.2) is 41.7 Å². The third kappa shape index (κ3) is 2.87. The van der Waals surface area contributed by atoms with Crippen molar-refractivity contribution in [2.24, 2.45) is 5.41 Å². The zero-order valence-corrected chi connectivity index (χ0v) is 13.7. The van der Waals surface area contributed by atoms with Crippen LogP contribution in [0.25, 0.3) is 0 Å². The molecule has 2 aliphatic heterocycles. The van der Waals surface area contributed by atoms with Crippen molar-refractivity contribution in [1.29, 1.82) is 0 Å². The second-order valence-corrected chi connectivity index (χ2v) is 7.06. The Morgan fingerprint density at radius 3 is 2.77 bits per heavy atom. The van der Waals surface area contributed by atoms with E-state index in [2.05, 4.69) is 16.3 Å². The lowest BCUT2D eigenvalue weighted by Crippen LogP contribution is -2.49. The number of halogens is 1. The molecule has 0 amide bonds. The van der Waals surface area contributed by atoms with E-state index in [9.17, 15) is 9.90 Å². The number of carbonyl (C=O) groups is 1. The summed E-state index contributed by atoms with van der Waals surface area (Å²) >= 11 is 6.08. The quantitative estimate of drug-likeness (QED) is 0.898. The van der Waals surface area contributed by atoms with Crippen LogP contribution in [0, 0.1) is 12.3 Å². The number of aliphatic carboxylic acids is 1. The molecule has 2 saturated heterocycles. The van der Waals surface area contributed by atoms with Gasteiger partial charge in [-0.2, -0.15) is 0 Å². The summed E-state index contributed by atoms with van der Waals surface area (Å²) in [4.78, 5) is 14.0. The van der Waals surface area contributed by atoms with Crippen LogP contribution >= 0.6 is 11.6 Å². The molecule has 1 spiro atoms. The van der Waals surface area contributed by atoms with Gasteiger partial charge in [0, 0.05) is 17.0 Å². The Labute approximate surface area is 136 Å². The van der Waals surface area contributed by atoms with Crippen LogP contribution in [0.2, 0.25) is 5.02 Å². The average molecular weight is 323 g/mol. The predicted molar refractivity (Wildman–Crippen MR) is 87.2 cm³/mol. The van der Waals surface area contributed by atoms with Gasteiger partial charge in [-0.25, -0.2) is 0 Å². The van der Waals surface area contributed by atoms with E-state index in [-0.39, 0.29) is 11.5 Å². The highest BCUT2D eigenvalue weighted by atomic mass is 35.5. The Hall–Kier alpha value is -1.10. The predicted octanol–water partition coefficient (Wildman–Crippen LogP) is 2.68. The van der Waals surface area contributed by atoms with Gasteiger partial charge in [-0.3, -0.25) is 9.69 Å². The minimum absolute atomic E-state index is 0.0570. The van der Waals surface area contributed by atoms with Gasteiger partial charge in [0.2, 0.25) is 0 Å². The first-order chi connectivity index (χ1) is 10.5. The zero-order chi connectivity index (χ0) is 15.7. The second kappa shape index (κ2) is 6.19. The number of nitrogens with zero attached hydrogens (tertiary/aromatic N) is 1. The standard InChI is InChI=1S/C17H23ClN2O2/c1-12-10-13(2-3-14(12)18)11-20-9-6-17(15(20)16(21)22)4-7-19-8-5-17/h2-3,10,15,19H,4-9,11H2,1H3,(H,21,22). The summed E-state index contributed by atoms with van der Waals surface area (Å²) in [5.74, 6) is -0.676. The van der Waals surface area contributed by atoms with Gasteiger partial charge in [0.15, 0.2) is 0 Å². The molecular formula is C17H23ClN2O2. The molecule has 1 atom stereocenters. The van der Waals surface area contributed by atoms with Gasteiger partial charge in [-0.1, -0.05) is 23.7 Å². The Bertz CT molecular complexity index is 570. The fraction of sp³-hybridized carbons (Fsp3) is 0.588. The Morgan fingerprint density at radius 2 is 2.14 bits per heavy atom. The molecule has 0 radical (unpaired) electrons. The molecule has 0 saturated carbocycles. The number of aryl methyl sites for hydroxylation is 1. The number of rotatable bonds is 3. The fourth-order valence-electron chi connectivity index (χ4n) is 4.10. The summed E-state index contributed by atoms with van der Waals surface area (Å²) in [6.45, 7) is 5.39. The van der Waals surface area contributed by atoms with Gasteiger partial charge in [-0.15, -0.1) is 0 Å². The monoisotopic (exact) mass is 322 g/mol. The van der Waals surface area contributed by atoms with Crippen LogP contribution in [0.15, 0.2) is 18.2 Å². The van der Waals surface area contributed by atoms with Gasteiger partial charge in [0.25, 0.3) is 0 Å². The summed E-state index contributed by atoms with van der Waals surface area (Å²) in [5, 5.41) is 13.9. The number of likely N-dealkylation sites (tertiary alicyclic amines) is 1. The van der Waals surface area contributed by atoms with Crippen molar-refractivity contribution < 1.29 is 9.90 Å². The number of piperidine rings is 1. The van der Waals surface area contributed by atoms with E-state index in [1.54, 1.807) is 0 Å². The largest absolute Gasteiger partial charge is 0.480 e. The zero-order valence-electron chi connectivity index (χ0n) is 12.9. The first-order valence-corrected chi connectivity index (χ1v) is 8.32. The molecule has 1 aromatic carbocycles. The average Bonchev–Trinajstić information content (AvgIpc) is 2.82. The van der Waals surface area contributed by atoms with E-state index in [0.29, 0.717) is 6.54 Å². The summed E-state index contributed by atoms with van der Waals surface area (Å²) in [6, 6.07) is 5.60. The van der Waals surface area contributed by atoms with Crippen molar-refractivity contribution >= 4 is 17.6 Å². The minimum Gasteiger partial charge on any atom is -0.480 e. The maximum absolute atomic E-state index is 11.9. The van der Waals surface area contributed by atoms with Crippen LogP contribution in [0.5, 0.6) is 0 Å². The van der Waals surface area contributed by atoms with Gasteiger partial charge in [-0.05, 0) is 63.0 Å². The van der Waals surface area contributed by atoms with E-state index < -0.39 is 5.97 Å². The lowest BCUT2D eigenvalue weighted by atomic mass is 9.73. The number of hydrogen-bond acceptors (Lipinski definition) is 3. The van der Waals surface area contributed by atoms with E-state index in [4.69, 9.17) is 11.6 Å². The number of carboxylic acids is 1. The van der Waals surface area contributed by atoms with Gasteiger partial charge in [0.1, 0.15) is 6.04 Å². The molecule has 2 fully saturated rings. The highest BCUT2D eigenvalue weighted by molar-refractivity contribution is 6.31. The lowest BCUT2D eigenvalue weighted by Gasteiger charge is -2.39. The topological polar surface area (TPSA) is 52.6 Å². The fourth-order valence-corrected chi connectivity index (χ4v) is 4.21. The van der Waals surface area contributed by atoms with Crippen molar-refractivity contribution in [3.63, 3.8) is 0 Å². The van der Waals surface area contributed by atoms with Crippen molar-refractivity contribution in [3.05, 3.63) is 34.3 Å². The summed E-state index contributed by atoms with van der Waals surface area (Å²) < 4.78 is 0. The highest BCUT2D eigenvalue weighted by Gasteiger charge is 2.51. The van der Waals surface area contributed by atoms with Crippen molar-refractivity contribution in [2.75, 3.05) is 19.6 Å². The molecule has 120 valence electrons. The smallest absolute Gasteiger partial charge is 0.321 e. The van der Waals surface area contributed by atoms with Crippen molar-refractivity contribution in [3.8, 4) is 0 Å². The van der Waals surface area contributed by atoms with Crippen molar-refractivity contribution in [1.82, 2.24) is 10.2 Å². The van der Waals surface area contributed by atoms with E-state index in [1.165, 1.54) is 0 Å². The Kier molecular flexibility index (Phi) is 4.44. The number of benzene rings is 1. The molecule has 3 rings (SSSR count). The molecule has 2 heterocycles. The van der Waals surface area contributed by atoms with Gasteiger partial charge in [0.05, 0.1) is 0 Å². The van der Waals surface area contributed by atoms with Crippen molar-refractivity contribution in [2.45, 2.75) is 38.8 Å². The SMILES string of the molecule is Cc1cc(CN2CCC3(CCNCC3)C2C(=O)O)ccc1Cl. The molecule has 0 bridgehead atoms. The van der Waals surface area contributed by atoms with Gasteiger partial charge >= 0.3 is 5.97 Å². The maximum Gasteiger partial charge on any atom is 0.321 e. The Morgan fingerprint density at radius 1 is 1.41 bits per heavy atom. The second-order valence-electron chi connectivity index (χ2n) is 6.66. The normalized spacial score (nSPS) is 24.7. The van der Waals surface area contributed by atoms with E-state index >= 15 is 0 Å². The molecule has 1 unspecified atom stereocenters. The molecule has 2 N–H and O–H groups in total. The first-order valence-electron chi connectivity index (χ1n) is 7.94. The highest BCUT2D eigenvalue weighted by Crippen LogP contribution is 2.44. The van der Waals surface area contributed by atoms with Crippen LogP contribution in [0.4, 0.5) is 0 Å². The summed E-state index contributed by atoms with van der Waals surface area (Å²) in [7, 11) is 0. The molecule has 4 nitrogen and oxygen atoms in total. The van der Waals surface area contributed by atoms with Crippen LogP contribution in [0.1, 0.15) is 30.4 Å². The summed E-state index contributed by atoms with van der Waals surface area (Å²) in [5.41, 5.74) is 2.12. The molecule has 1 aromatic rings. The lowest BCUT2D eigenvalue weighted by molar-refractivity contribution is -0.146. The van der Waals surface area contributed by atoms with Gasteiger partial charge < -0.3 is 10.4 Å². The third-order valence-corrected chi connectivity index (χ3v) is 5.71. The molecule has 0 aliphatic carbocycles. The van der Waals surface area contributed by atoms with Crippen LogP contribution in [0.3, 0.4) is 0 Å². The molecule has 0 aromatic heterocycles. The summed E-state index contributed by atoms with van der Waals surface area (Å²) in [6.07, 6.45) is 2.90. The molecule has 22 heavy (non-hydrogen) atoms. The number of hydrogen-bond donors (Lipinski definition) is 2. The number of nitrogens with one attached hydrogen (secondary N) is 1. The molecule has 5 heteroatoms. The van der Waals surface area contributed by atoms with Crippen LogP contribution < -0.4 is 5.32 Å². The molecule has 2 aliphatic rings. The van der Waals surface area contributed by atoms with E-state index in [0.717, 1.165) is 55.0 Å². The Balaban J connectivity index is 1.81. The minimum atomic E-state index is -0.676. The number of carboxylic acid groups (broad SMARTS) is 1. The maximum atomic E-state index is 11.9. The molecular weight excluding hydrogens is 300 g/mol. The first kappa shape index (κ1) is 15.8.